The topological polar surface area (TPSA) is 26.3 Å². The highest BCUT2D eigenvalue weighted by molar-refractivity contribution is 6.30. The van der Waals surface area contributed by atoms with Gasteiger partial charge in [-0.1, -0.05) is 23.8 Å². The van der Waals surface area contributed by atoms with Gasteiger partial charge in [-0.2, -0.15) is 0 Å². The molecule has 0 fully saturated rings. The fourth-order valence-electron chi connectivity index (χ4n) is 2.40. The Bertz CT molecular complexity index is 451. The van der Waals surface area contributed by atoms with Crippen LogP contribution in [0.1, 0.15) is 55.3 Å². The van der Waals surface area contributed by atoms with E-state index in [-0.39, 0.29) is 12.1 Å². The van der Waals surface area contributed by atoms with Gasteiger partial charge in [0.1, 0.15) is 6.10 Å². The Morgan fingerprint density at radius 2 is 1.65 bits per heavy atom. The van der Waals surface area contributed by atoms with Crippen LogP contribution in [0.4, 0.5) is 0 Å². The molecule has 0 unspecified atom stereocenters. The molecule has 0 heterocycles. The van der Waals surface area contributed by atoms with Gasteiger partial charge >= 0.3 is 5.97 Å². The van der Waals surface area contributed by atoms with Gasteiger partial charge < -0.3 is 4.74 Å². The van der Waals surface area contributed by atoms with E-state index in [0.29, 0.717) is 10.6 Å². The number of hydrogen-bond donors (Lipinski definition) is 0. The van der Waals surface area contributed by atoms with Gasteiger partial charge in [-0.15, -0.1) is 0 Å². The number of hydrogen-bond acceptors (Lipinski definition) is 2. The third-order valence-electron chi connectivity index (χ3n) is 3.56. The van der Waals surface area contributed by atoms with Crippen LogP contribution in [0.15, 0.2) is 36.4 Å². The Balaban J connectivity index is 1.90. The highest BCUT2D eigenvalue weighted by atomic mass is 35.5. The third-order valence-corrected chi connectivity index (χ3v) is 3.82. The van der Waals surface area contributed by atoms with Crippen molar-refractivity contribution in [2.24, 2.45) is 0 Å². The molecule has 0 N–H and O–H groups in total. The summed E-state index contributed by atoms with van der Waals surface area (Å²) >= 11 is 5.82. The Morgan fingerprint density at radius 3 is 2.40 bits per heavy atom. The van der Waals surface area contributed by atoms with E-state index in [0.717, 1.165) is 38.5 Å². The summed E-state index contributed by atoms with van der Waals surface area (Å²) in [5, 5.41) is 0.632. The molecule has 0 saturated carbocycles. The van der Waals surface area contributed by atoms with Crippen molar-refractivity contribution in [3.63, 3.8) is 0 Å². The van der Waals surface area contributed by atoms with Gasteiger partial charge in [0.2, 0.25) is 0 Å². The van der Waals surface area contributed by atoms with Gasteiger partial charge in [0.05, 0.1) is 5.56 Å². The molecule has 1 aliphatic carbocycles. The van der Waals surface area contributed by atoms with Crippen LogP contribution in [0.2, 0.25) is 5.02 Å². The van der Waals surface area contributed by atoms with Crippen LogP contribution in [0.5, 0.6) is 0 Å². The van der Waals surface area contributed by atoms with Gasteiger partial charge in [-0.3, -0.25) is 0 Å². The zero-order valence-electron chi connectivity index (χ0n) is 11.7. The van der Waals surface area contributed by atoms with Crippen molar-refractivity contribution in [3.05, 3.63) is 47.0 Å². The van der Waals surface area contributed by atoms with Gasteiger partial charge in [0, 0.05) is 5.02 Å². The van der Waals surface area contributed by atoms with Crippen molar-refractivity contribution in [2.45, 2.75) is 51.0 Å². The lowest BCUT2D eigenvalue weighted by Crippen LogP contribution is -2.18. The largest absolute Gasteiger partial charge is 0.459 e. The molecule has 1 aromatic rings. The van der Waals surface area contributed by atoms with E-state index in [1.807, 2.05) is 0 Å². The summed E-state index contributed by atoms with van der Waals surface area (Å²) < 4.78 is 5.64. The van der Waals surface area contributed by atoms with Crippen LogP contribution in [0.3, 0.4) is 0 Å². The van der Waals surface area contributed by atoms with Crippen molar-refractivity contribution < 1.29 is 9.53 Å². The Kier molecular flexibility index (Phi) is 6.13. The van der Waals surface area contributed by atoms with E-state index < -0.39 is 0 Å². The molecule has 1 aromatic carbocycles. The fraction of sp³-hybridized carbons (Fsp3) is 0.471. The summed E-state index contributed by atoms with van der Waals surface area (Å²) in [5.41, 5.74) is 0.575. The summed E-state index contributed by atoms with van der Waals surface area (Å²) in [6.45, 7) is 0. The molecular weight excluding hydrogens is 272 g/mol. The third kappa shape index (κ3) is 5.01. The maximum Gasteiger partial charge on any atom is 0.338 e. The normalized spacial score (nSPS) is 21.9. The zero-order valence-corrected chi connectivity index (χ0v) is 12.4. The minimum atomic E-state index is -0.237. The van der Waals surface area contributed by atoms with Crippen molar-refractivity contribution in [2.75, 3.05) is 0 Å². The van der Waals surface area contributed by atoms with Crippen LogP contribution in [0, 0.1) is 0 Å². The van der Waals surface area contributed by atoms with E-state index in [4.69, 9.17) is 16.3 Å². The van der Waals surface area contributed by atoms with Crippen molar-refractivity contribution in [1.29, 1.82) is 0 Å². The van der Waals surface area contributed by atoms with E-state index in [2.05, 4.69) is 12.2 Å². The predicted molar refractivity (Wildman–Crippen MR) is 82.1 cm³/mol. The molecule has 20 heavy (non-hydrogen) atoms. The number of rotatable bonds is 2. The van der Waals surface area contributed by atoms with Crippen molar-refractivity contribution in [1.82, 2.24) is 0 Å². The Labute approximate surface area is 125 Å². The van der Waals surface area contributed by atoms with E-state index in [1.165, 1.54) is 6.42 Å². The Hall–Kier alpha value is -1.28. The second kappa shape index (κ2) is 8.11. The van der Waals surface area contributed by atoms with Crippen LogP contribution in [-0.2, 0) is 4.74 Å². The molecule has 0 amide bonds. The lowest BCUT2D eigenvalue weighted by molar-refractivity contribution is 0.0251. The summed E-state index contributed by atoms with van der Waals surface area (Å²) in [5.74, 6) is -0.237. The van der Waals surface area contributed by atoms with Gasteiger partial charge in [0.25, 0.3) is 0 Å². The molecule has 0 bridgehead atoms. The molecule has 3 heteroatoms. The summed E-state index contributed by atoms with van der Waals surface area (Å²) in [6.07, 6.45) is 12.0. The highest BCUT2D eigenvalue weighted by Gasteiger charge is 2.15. The van der Waals surface area contributed by atoms with E-state index in [9.17, 15) is 4.79 Å². The van der Waals surface area contributed by atoms with Crippen LogP contribution >= 0.6 is 11.6 Å². The molecule has 0 radical (unpaired) electrons. The van der Waals surface area contributed by atoms with Gasteiger partial charge in [0.15, 0.2) is 0 Å². The van der Waals surface area contributed by atoms with Crippen LogP contribution < -0.4 is 0 Å². The number of allylic oxidation sites excluding steroid dienone is 2. The lowest BCUT2D eigenvalue weighted by Gasteiger charge is -2.18. The second-order valence-electron chi connectivity index (χ2n) is 5.22. The van der Waals surface area contributed by atoms with Crippen LogP contribution in [0.25, 0.3) is 0 Å². The lowest BCUT2D eigenvalue weighted by atomic mass is 10.0. The predicted octanol–water partition coefficient (Wildman–Crippen LogP) is 5.17. The number of esters is 1. The van der Waals surface area contributed by atoms with Gasteiger partial charge in [-0.05, 0) is 69.2 Å². The standard InChI is InChI=1S/C17H21ClO2/c18-15-12-10-14(11-13-15)17(19)20-16-8-6-4-2-1-3-5-7-9-16/h1-2,10-13,16H,3-9H2/b2-1-/t16-/m0/s1. The molecule has 1 aliphatic rings. The molecule has 0 aromatic heterocycles. The molecule has 0 saturated heterocycles. The molecule has 2 nitrogen and oxygen atoms in total. The summed E-state index contributed by atoms with van der Waals surface area (Å²) in [4.78, 5) is 12.1. The van der Waals surface area contributed by atoms with Crippen molar-refractivity contribution in [3.8, 4) is 0 Å². The average molecular weight is 293 g/mol. The second-order valence-corrected chi connectivity index (χ2v) is 5.66. The number of carbonyl (C=O) groups is 1. The minimum absolute atomic E-state index is 0.0460. The first-order valence-corrected chi connectivity index (χ1v) is 7.75. The molecule has 0 spiro atoms. The number of ether oxygens (including phenoxy) is 1. The summed E-state index contributed by atoms with van der Waals surface area (Å²) in [6, 6.07) is 6.87. The molecule has 0 aliphatic heterocycles. The SMILES string of the molecule is O=C(O[C@H]1CCC/C=C\CCCC1)c1ccc(Cl)cc1. The highest BCUT2D eigenvalue weighted by Crippen LogP contribution is 2.18. The molecular formula is C17H21ClO2. The average Bonchev–Trinajstić information content (AvgIpc) is 2.46. The van der Waals surface area contributed by atoms with Gasteiger partial charge in [-0.25, -0.2) is 4.79 Å². The first-order valence-electron chi connectivity index (χ1n) is 7.37. The Morgan fingerprint density at radius 1 is 1.00 bits per heavy atom. The maximum absolute atomic E-state index is 12.1. The summed E-state index contributed by atoms with van der Waals surface area (Å²) in [7, 11) is 0. The molecule has 1 atom stereocenters. The van der Waals surface area contributed by atoms with E-state index >= 15 is 0 Å². The first kappa shape index (κ1) is 15.1. The zero-order chi connectivity index (χ0) is 14.2. The first-order chi connectivity index (χ1) is 9.75. The smallest absolute Gasteiger partial charge is 0.338 e. The van der Waals surface area contributed by atoms with Crippen molar-refractivity contribution >= 4 is 17.6 Å². The molecule has 2 rings (SSSR count). The quantitative estimate of drug-likeness (QED) is 0.555. The fourth-order valence-corrected chi connectivity index (χ4v) is 2.53. The monoisotopic (exact) mass is 292 g/mol. The molecule has 108 valence electrons. The van der Waals surface area contributed by atoms with Crippen LogP contribution in [-0.4, -0.2) is 12.1 Å². The number of carbonyl (C=O) groups excluding carboxylic acids is 1. The minimum Gasteiger partial charge on any atom is -0.459 e. The maximum atomic E-state index is 12.1. The number of benzene rings is 1. The number of halogens is 1. The van der Waals surface area contributed by atoms with E-state index in [1.54, 1.807) is 24.3 Å².